The Morgan fingerprint density at radius 3 is 1.91 bits per heavy atom. The van der Waals surface area contributed by atoms with E-state index in [0.717, 1.165) is 11.5 Å². The van der Waals surface area contributed by atoms with E-state index in [0.29, 0.717) is 11.8 Å². The lowest BCUT2D eigenvalue weighted by atomic mass is 9.66. The monoisotopic (exact) mass is 318 g/mol. The topological polar surface area (TPSA) is 13.1 Å². The summed E-state index contributed by atoms with van der Waals surface area (Å²) in [6, 6.07) is 8.87. The average Bonchev–Trinajstić information content (AvgIpc) is 3.08. The zero-order valence-electron chi connectivity index (χ0n) is 15.3. The van der Waals surface area contributed by atoms with E-state index in [1.807, 2.05) is 11.3 Å². The first-order valence-electron chi connectivity index (χ1n) is 8.27. The van der Waals surface area contributed by atoms with Gasteiger partial charge in [0, 0.05) is 26.5 Å². The summed E-state index contributed by atoms with van der Waals surface area (Å²) in [4.78, 5) is 2.89. The van der Waals surface area contributed by atoms with Gasteiger partial charge in [-0.05, 0) is 30.2 Å². The van der Waals surface area contributed by atoms with Gasteiger partial charge in [-0.1, -0.05) is 55.4 Å². The van der Waals surface area contributed by atoms with Crippen LogP contribution in [-0.2, 0) is 10.8 Å². The maximum atomic E-state index is 6.18. The maximum absolute atomic E-state index is 6.18. The minimum atomic E-state index is -0.0563. The molecular formula is C20H30OS. The van der Waals surface area contributed by atoms with Gasteiger partial charge in [0.25, 0.3) is 0 Å². The molecule has 2 rings (SSSR count). The third kappa shape index (κ3) is 2.90. The Morgan fingerprint density at radius 1 is 0.818 bits per heavy atom. The maximum Gasteiger partial charge on any atom is 0.110 e. The van der Waals surface area contributed by atoms with Crippen molar-refractivity contribution < 1.29 is 4.42 Å². The number of hydrogen-bond acceptors (Lipinski definition) is 2. The summed E-state index contributed by atoms with van der Waals surface area (Å²) in [6.45, 7) is 18.1. The number of rotatable bonds is 5. The van der Waals surface area contributed by atoms with E-state index >= 15 is 0 Å². The lowest BCUT2D eigenvalue weighted by Gasteiger charge is -2.39. The predicted octanol–water partition coefficient (Wildman–Crippen LogP) is 6.84. The van der Waals surface area contributed by atoms with Gasteiger partial charge in [-0.2, -0.15) is 0 Å². The first-order valence-corrected chi connectivity index (χ1v) is 9.09. The van der Waals surface area contributed by atoms with Gasteiger partial charge in [-0.25, -0.2) is 0 Å². The largest absolute Gasteiger partial charge is 0.465 e. The molecule has 2 aromatic rings. The van der Waals surface area contributed by atoms with Crippen LogP contribution in [0.15, 0.2) is 28.7 Å². The molecule has 0 radical (unpaired) electrons. The molecule has 0 N–H and O–H groups in total. The quantitative estimate of drug-likeness (QED) is 0.588. The molecule has 2 heteroatoms. The average molecular weight is 319 g/mol. The smallest absolute Gasteiger partial charge is 0.110 e. The molecule has 0 unspecified atom stereocenters. The molecule has 0 aromatic carbocycles. The van der Waals surface area contributed by atoms with Gasteiger partial charge in [0.1, 0.15) is 11.5 Å². The molecule has 0 amide bonds. The summed E-state index contributed by atoms with van der Waals surface area (Å²) < 4.78 is 6.18. The van der Waals surface area contributed by atoms with E-state index in [2.05, 4.69) is 79.7 Å². The van der Waals surface area contributed by atoms with Crippen LogP contribution in [0, 0.1) is 0 Å². The van der Waals surface area contributed by atoms with Gasteiger partial charge in [-0.3, -0.25) is 0 Å². The van der Waals surface area contributed by atoms with Crippen LogP contribution in [-0.4, -0.2) is 0 Å². The standard InChI is InChI=1S/C20H30OS/c1-13(2)15-9-11-17(21-15)19(5,6)20(7,8)18-12-10-16(22-18)14(3)4/h9-14H,1-8H3. The molecular weight excluding hydrogens is 288 g/mol. The zero-order chi connectivity index (χ0) is 16.7. The van der Waals surface area contributed by atoms with Crippen molar-refractivity contribution in [1.29, 1.82) is 0 Å². The molecule has 0 spiro atoms. The molecule has 122 valence electrons. The normalized spacial score (nSPS) is 13.4. The van der Waals surface area contributed by atoms with Crippen molar-refractivity contribution in [3.8, 4) is 0 Å². The predicted molar refractivity (Wildman–Crippen MR) is 97.3 cm³/mol. The first kappa shape index (κ1) is 17.3. The molecule has 2 heterocycles. The molecule has 2 aromatic heterocycles. The molecule has 22 heavy (non-hydrogen) atoms. The summed E-state index contributed by atoms with van der Waals surface area (Å²) in [6.07, 6.45) is 0. The van der Waals surface area contributed by atoms with Crippen molar-refractivity contribution in [3.05, 3.63) is 45.5 Å². The van der Waals surface area contributed by atoms with Crippen molar-refractivity contribution in [1.82, 2.24) is 0 Å². The molecule has 0 saturated carbocycles. The van der Waals surface area contributed by atoms with Gasteiger partial charge in [0.15, 0.2) is 0 Å². The Kier molecular flexibility index (Phi) is 4.64. The van der Waals surface area contributed by atoms with Crippen molar-refractivity contribution in [2.24, 2.45) is 0 Å². The summed E-state index contributed by atoms with van der Waals surface area (Å²) in [5, 5.41) is 0. The van der Waals surface area contributed by atoms with Crippen molar-refractivity contribution in [2.45, 2.75) is 78.1 Å². The minimum Gasteiger partial charge on any atom is -0.465 e. The number of thiophene rings is 1. The fourth-order valence-corrected chi connectivity index (χ4v) is 3.89. The fourth-order valence-electron chi connectivity index (χ4n) is 2.61. The van der Waals surface area contributed by atoms with Gasteiger partial charge in [-0.15, -0.1) is 11.3 Å². The van der Waals surface area contributed by atoms with E-state index in [1.54, 1.807) is 0 Å². The molecule has 0 bridgehead atoms. The Hall–Kier alpha value is -1.02. The van der Waals surface area contributed by atoms with Gasteiger partial charge >= 0.3 is 0 Å². The minimum absolute atomic E-state index is 0.0247. The zero-order valence-corrected chi connectivity index (χ0v) is 16.1. The molecule has 0 aliphatic heterocycles. The van der Waals surface area contributed by atoms with E-state index in [4.69, 9.17) is 4.42 Å². The van der Waals surface area contributed by atoms with Crippen molar-refractivity contribution >= 4 is 11.3 Å². The van der Waals surface area contributed by atoms with E-state index < -0.39 is 0 Å². The third-order valence-electron chi connectivity index (χ3n) is 5.19. The first-order chi connectivity index (χ1) is 10.1. The van der Waals surface area contributed by atoms with Crippen molar-refractivity contribution in [3.63, 3.8) is 0 Å². The summed E-state index contributed by atoms with van der Waals surface area (Å²) >= 11 is 1.94. The van der Waals surface area contributed by atoms with Gasteiger partial charge in [0.2, 0.25) is 0 Å². The second kappa shape index (κ2) is 5.88. The second-order valence-electron chi connectivity index (χ2n) is 7.96. The molecule has 0 fully saturated rings. The second-order valence-corrected chi connectivity index (χ2v) is 9.08. The van der Waals surface area contributed by atoms with Crippen LogP contribution in [0.5, 0.6) is 0 Å². The highest BCUT2D eigenvalue weighted by Gasteiger charge is 2.43. The lowest BCUT2D eigenvalue weighted by Crippen LogP contribution is -2.39. The van der Waals surface area contributed by atoms with Gasteiger partial charge in [0.05, 0.1) is 0 Å². The number of hydrogen-bond donors (Lipinski definition) is 0. The summed E-state index contributed by atoms with van der Waals surface area (Å²) in [5.74, 6) is 3.18. The summed E-state index contributed by atoms with van der Waals surface area (Å²) in [7, 11) is 0. The van der Waals surface area contributed by atoms with Crippen LogP contribution < -0.4 is 0 Å². The highest BCUT2D eigenvalue weighted by Crippen LogP contribution is 2.47. The number of furan rings is 1. The van der Waals surface area contributed by atoms with Crippen LogP contribution >= 0.6 is 11.3 Å². The molecule has 0 aliphatic rings. The van der Waals surface area contributed by atoms with Crippen LogP contribution in [0.1, 0.15) is 88.5 Å². The van der Waals surface area contributed by atoms with Gasteiger partial charge < -0.3 is 4.42 Å². The van der Waals surface area contributed by atoms with Crippen LogP contribution in [0.25, 0.3) is 0 Å². The molecule has 1 nitrogen and oxygen atoms in total. The van der Waals surface area contributed by atoms with E-state index in [9.17, 15) is 0 Å². The lowest BCUT2D eigenvalue weighted by molar-refractivity contribution is 0.249. The van der Waals surface area contributed by atoms with Crippen molar-refractivity contribution in [2.75, 3.05) is 0 Å². The Morgan fingerprint density at radius 2 is 1.45 bits per heavy atom. The van der Waals surface area contributed by atoms with Crippen LogP contribution in [0.2, 0.25) is 0 Å². The molecule has 0 atom stereocenters. The SMILES string of the molecule is CC(C)c1ccc(C(C)(C)C(C)(C)c2ccc(C(C)C)s2)o1. The fraction of sp³-hybridized carbons (Fsp3) is 0.600. The van der Waals surface area contributed by atoms with E-state index in [1.165, 1.54) is 9.75 Å². The highest BCUT2D eigenvalue weighted by molar-refractivity contribution is 7.12. The highest BCUT2D eigenvalue weighted by atomic mass is 32.1. The molecule has 0 aliphatic carbocycles. The Bertz CT molecular complexity index is 569. The van der Waals surface area contributed by atoms with E-state index in [-0.39, 0.29) is 10.8 Å². The Labute approximate surface area is 139 Å². The Balaban J connectivity index is 2.39. The molecule has 0 saturated heterocycles. The van der Waals surface area contributed by atoms with Crippen LogP contribution in [0.3, 0.4) is 0 Å². The summed E-state index contributed by atoms with van der Waals surface area (Å²) in [5.41, 5.74) is -0.0316. The third-order valence-corrected chi connectivity index (χ3v) is 6.90. The van der Waals surface area contributed by atoms with Crippen LogP contribution in [0.4, 0.5) is 0 Å².